The van der Waals surface area contributed by atoms with Crippen LogP contribution in [0.2, 0.25) is 0 Å². The fourth-order valence-electron chi connectivity index (χ4n) is 2.60. The SMILES string of the molecule is FC(F)(Cc1ccc(I)cc1)C(F)(F)C(F)(F)C(F)(F)C(F)(F)Cc1ccc(I)cc1. The second-order valence-corrected chi connectivity index (χ2v) is 9.23. The van der Waals surface area contributed by atoms with Gasteiger partial charge in [-0.05, 0) is 80.6 Å². The molecule has 2 aromatic carbocycles. The topological polar surface area (TPSA) is 0 Å². The van der Waals surface area contributed by atoms with E-state index in [0.29, 0.717) is 7.14 Å². The monoisotopic (exact) mass is 684 g/mol. The molecule has 0 aliphatic heterocycles. The highest BCUT2D eigenvalue weighted by Gasteiger charge is 2.85. The Labute approximate surface area is 197 Å². The van der Waals surface area contributed by atoms with Crippen molar-refractivity contribution in [3.05, 3.63) is 66.8 Å². The summed E-state index contributed by atoms with van der Waals surface area (Å²) in [7, 11) is 0. The van der Waals surface area contributed by atoms with Crippen molar-refractivity contribution in [1.29, 1.82) is 0 Å². The van der Waals surface area contributed by atoms with Crippen molar-refractivity contribution in [2.24, 2.45) is 0 Å². The molecule has 0 aliphatic carbocycles. The van der Waals surface area contributed by atoms with Crippen molar-refractivity contribution in [3.63, 3.8) is 0 Å². The van der Waals surface area contributed by atoms with Gasteiger partial charge in [0.2, 0.25) is 0 Å². The first-order chi connectivity index (χ1) is 13.9. The molecule has 31 heavy (non-hydrogen) atoms. The molecule has 0 spiro atoms. The van der Waals surface area contributed by atoms with Gasteiger partial charge in [0.15, 0.2) is 0 Å². The fraction of sp³-hybridized carbons (Fsp3) is 0.368. The molecule has 0 bridgehead atoms. The van der Waals surface area contributed by atoms with E-state index in [-0.39, 0.29) is 0 Å². The molecule has 0 N–H and O–H groups in total. The third-order valence-electron chi connectivity index (χ3n) is 4.39. The Morgan fingerprint density at radius 3 is 0.968 bits per heavy atom. The third-order valence-corrected chi connectivity index (χ3v) is 5.82. The van der Waals surface area contributed by atoms with Crippen LogP contribution in [0.5, 0.6) is 0 Å². The number of rotatable bonds is 8. The number of hydrogen-bond acceptors (Lipinski definition) is 0. The number of benzene rings is 2. The molecule has 0 aromatic heterocycles. The molecule has 0 nitrogen and oxygen atoms in total. The average molecular weight is 684 g/mol. The van der Waals surface area contributed by atoms with Crippen LogP contribution in [0.4, 0.5) is 43.9 Å². The third kappa shape index (κ3) is 5.08. The maximum absolute atomic E-state index is 14.1. The summed E-state index contributed by atoms with van der Waals surface area (Å²) < 4.78 is 142. The fourth-order valence-corrected chi connectivity index (χ4v) is 3.31. The van der Waals surface area contributed by atoms with E-state index in [9.17, 15) is 43.9 Å². The van der Waals surface area contributed by atoms with Crippen molar-refractivity contribution in [3.8, 4) is 0 Å². The number of alkyl halides is 10. The second-order valence-electron chi connectivity index (χ2n) is 6.74. The molecule has 0 saturated carbocycles. The lowest BCUT2D eigenvalue weighted by Crippen LogP contribution is -2.68. The molecule has 0 saturated heterocycles. The Morgan fingerprint density at radius 2 is 0.710 bits per heavy atom. The van der Waals surface area contributed by atoms with E-state index in [1.807, 2.05) is 0 Å². The quantitative estimate of drug-likeness (QED) is 0.196. The highest BCUT2D eigenvalue weighted by Crippen LogP contribution is 2.58. The summed E-state index contributed by atoms with van der Waals surface area (Å²) in [6.45, 7) is 0. The van der Waals surface area contributed by atoms with E-state index in [4.69, 9.17) is 0 Å². The Morgan fingerprint density at radius 1 is 0.452 bits per heavy atom. The molecule has 2 aromatic rings. The van der Waals surface area contributed by atoms with E-state index >= 15 is 0 Å². The summed E-state index contributed by atoms with van der Waals surface area (Å²) in [6.07, 6.45) is -4.10. The summed E-state index contributed by atoms with van der Waals surface area (Å²) in [6, 6.07) is 8.44. The molecule has 0 atom stereocenters. The second kappa shape index (κ2) is 8.86. The molecular formula is C19H12F10I2. The molecule has 2 rings (SSSR count). The minimum absolute atomic E-state index is 0.503. The lowest BCUT2D eigenvalue weighted by molar-refractivity contribution is -0.400. The van der Waals surface area contributed by atoms with Crippen molar-refractivity contribution in [2.75, 3.05) is 0 Å². The van der Waals surface area contributed by atoms with Gasteiger partial charge in [0.25, 0.3) is 0 Å². The summed E-state index contributed by atoms with van der Waals surface area (Å²) in [5, 5.41) is 0. The van der Waals surface area contributed by atoms with E-state index < -0.39 is 53.6 Å². The predicted molar refractivity (Wildman–Crippen MR) is 110 cm³/mol. The average Bonchev–Trinajstić information content (AvgIpc) is 2.64. The van der Waals surface area contributed by atoms with Crippen LogP contribution in [0.1, 0.15) is 11.1 Å². The van der Waals surface area contributed by atoms with E-state index in [2.05, 4.69) is 0 Å². The van der Waals surface area contributed by atoms with Crippen LogP contribution < -0.4 is 0 Å². The normalized spacial score (nSPS) is 14.1. The minimum atomic E-state index is -7.06. The van der Waals surface area contributed by atoms with Gasteiger partial charge in [-0.3, -0.25) is 0 Å². The van der Waals surface area contributed by atoms with Crippen LogP contribution in [-0.2, 0) is 12.8 Å². The van der Waals surface area contributed by atoms with Gasteiger partial charge in [0, 0.05) is 20.0 Å². The van der Waals surface area contributed by atoms with Crippen LogP contribution in [-0.4, -0.2) is 29.6 Å². The highest BCUT2D eigenvalue weighted by atomic mass is 127. The van der Waals surface area contributed by atoms with Crippen molar-refractivity contribution in [1.82, 2.24) is 0 Å². The maximum Gasteiger partial charge on any atom is 0.384 e. The molecule has 0 aliphatic rings. The molecule has 12 heteroatoms. The van der Waals surface area contributed by atoms with E-state index in [1.54, 1.807) is 45.2 Å². The van der Waals surface area contributed by atoms with Gasteiger partial charge in [-0.1, -0.05) is 24.3 Å². The zero-order valence-electron chi connectivity index (χ0n) is 15.1. The van der Waals surface area contributed by atoms with Crippen molar-refractivity contribution >= 4 is 45.2 Å². The van der Waals surface area contributed by atoms with E-state index in [0.717, 1.165) is 24.3 Å². The van der Waals surface area contributed by atoms with Gasteiger partial charge in [0.1, 0.15) is 0 Å². The molecular weight excluding hydrogens is 672 g/mol. The first-order valence-electron chi connectivity index (χ1n) is 8.32. The molecule has 172 valence electrons. The molecule has 0 heterocycles. The Hall–Kier alpha value is -0.800. The van der Waals surface area contributed by atoms with Gasteiger partial charge in [-0.15, -0.1) is 0 Å². The first kappa shape index (κ1) is 26.5. The molecule has 0 unspecified atom stereocenters. The van der Waals surface area contributed by atoms with Crippen molar-refractivity contribution < 1.29 is 43.9 Å². The van der Waals surface area contributed by atoms with Gasteiger partial charge in [-0.25, -0.2) is 0 Å². The summed E-state index contributed by atoms with van der Waals surface area (Å²) in [4.78, 5) is 0. The van der Waals surface area contributed by atoms with E-state index in [1.165, 1.54) is 24.3 Å². The zero-order chi connectivity index (χ0) is 23.9. The van der Waals surface area contributed by atoms with Gasteiger partial charge in [0.05, 0.1) is 0 Å². The number of hydrogen-bond donors (Lipinski definition) is 0. The minimum Gasteiger partial charge on any atom is -0.199 e. The van der Waals surface area contributed by atoms with Crippen molar-refractivity contribution in [2.45, 2.75) is 42.5 Å². The first-order valence-corrected chi connectivity index (χ1v) is 10.5. The number of halogens is 12. The Balaban J connectivity index is 2.37. The van der Waals surface area contributed by atoms with Crippen LogP contribution >= 0.6 is 45.2 Å². The van der Waals surface area contributed by atoms with Gasteiger partial charge >= 0.3 is 29.6 Å². The molecule has 0 amide bonds. The molecule has 0 fully saturated rings. The smallest absolute Gasteiger partial charge is 0.199 e. The zero-order valence-corrected chi connectivity index (χ0v) is 19.4. The lowest BCUT2D eigenvalue weighted by Gasteiger charge is -2.39. The van der Waals surface area contributed by atoms with Crippen LogP contribution in [0.15, 0.2) is 48.5 Å². The summed E-state index contributed by atoms with van der Waals surface area (Å²) >= 11 is 3.51. The Kier molecular flexibility index (Phi) is 7.56. The molecule has 0 radical (unpaired) electrons. The highest BCUT2D eigenvalue weighted by molar-refractivity contribution is 14.1. The van der Waals surface area contributed by atoms with Crippen LogP contribution in [0, 0.1) is 7.14 Å². The van der Waals surface area contributed by atoms with Crippen LogP contribution in [0.3, 0.4) is 0 Å². The summed E-state index contributed by atoms with van der Waals surface area (Å²) in [5.74, 6) is -32.1. The standard InChI is InChI=1S/C19H12F10I2/c20-15(21,9-11-1-5-13(30)6-2-11)17(24,25)19(28,29)18(26,27)16(22,23)10-12-3-7-14(31)8-4-12/h1-8H,9-10H2. The van der Waals surface area contributed by atoms with Gasteiger partial charge < -0.3 is 0 Å². The lowest BCUT2D eigenvalue weighted by atomic mass is 9.89. The Bertz CT molecular complexity index is 819. The summed E-state index contributed by atoms with van der Waals surface area (Å²) in [5.41, 5.74) is -1.12. The van der Waals surface area contributed by atoms with Gasteiger partial charge in [-0.2, -0.15) is 43.9 Å². The largest absolute Gasteiger partial charge is 0.384 e. The maximum atomic E-state index is 14.1. The van der Waals surface area contributed by atoms with Crippen LogP contribution in [0.25, 0.3) is 0 Å². The predicted octanol–water partition coefficient (Wildman–Crippen LogP) is 7.86.